The molecule has 2 aliphatic rings. The number of nitrogen functional groups attached to an aromatic ring is 2. The van der Waals surface area contributed by atoms with Crippen LogP contribution in [0.1, 0.15) is 12.5 Å². The molecule has 53 heavy (non-hydrogen) atoms. The molecule has 11 atom stereocenters. The monoisotopic (exact) mass is 837 g/mol. The van der Waals surface area contributed by atoms with Gasteiger partial charge in [0, 0.05) is 0 Å². The summed E-state index contributed by atoms with van der Waals surface area (Å²) in [6.45, 7) is -2.23. The van der Waals surface area contributed by atoms with E-state index in [2.05, 4.69) is 42.6 Å². The number of phosphoric acid groups is 3. The molecule has 6 rings (SSSR count). The fraction of sp³-hybridized carbons (Fsp3) is 0.524. The second-order valence-corrected chi connectivity index (χ2v) is 16.4. The number of aliphatic hydroxyl groups excluding tert-OH is 4. The number of aromatic nitrogens is 8. The van der Waals surface area contributed by atoms with Gasteiger partial charge in [-0.05, 0) is 11.6 Å². The number of nitrogens with two attached hydrogens (primary N) is 2. The van der Waals surface area contributed by atoms with Crippen molar-refractivity contribution in [3.05, 3.63) is 32.3 Å². The molecule has 32 heteroatoms. The van der Waals surface area contributed by atoms with Crippen molar-refractivity contribution in [3.8, 4) is 0 Å². The maximum Gasteiger partial charge on any atom is 0.490 e. The molecule has 0 bridgehead atoms. The lowest BCUT2D eigenvalue weighted by Gasteiger charge is -2.21. The van der Waals surface area contributed by atoms with Crippen LogP contribution >= 0.6 is 35.1 Å². The third kappa shape index (κ3) is 7.82. The number of phosphoric ester groups is 2. The summed E-state index contributed by atoms with van der Waals surface area (Å²) in [5.41, 5.74) is 9.06. The number of fused-ring (bicyclic) bond motifs is 2. The van der Waals surface area contributed by atoms with Crippen molar-refractivity contribution in [1.29, 1.82) is 0 Å². The number of halogens is 1. The van der Waals surface area contributed by atoms with Crippen LogP contribution in [0.4, 0.5) is 11.9 Å². The Morgan fingerprint density at radius 3 is 2.02 bits per heavy atom. The fourth-order valence-electron chi connectivity index (χ4n) is 5.49. The second-order valence-electron chi connectivity index (χ2n) is 11.4. The van der Waals surface area contributed by atoms with Gasteiger partial charge in [0.15, 0.2) is 23.7 Å². The lowest BCUT2D eigenvalue weighted by molar-refractivity contribution is -0.745. The van der Waals surface area contributed by atoms with Gasteiger partial charge in [-0.3, -0.25) is 37.7 Å². The van der Waals surface area contributed by atoms with E-state index in [-0.39, 0.29) is 34.2 Å². The Bertz CT molecular complexity index is 2340. The Balaban J connectivity index is 1.06. The first-order valence-corrected chi connectivity index (χ1v) is 19.4. The predicted molar refractivity (Wildman–Crippen MR) is 169 cm³/mol. The highest BCUT2D eigenvalue weighted by atomic mass is 35.5. The van der Waals surface area contributed by atoms with Crippen molar-refractivity contribution in [1.82, 2.24) is 34.1 Å². The number of anilines is 2. The Kier molecular flexibility index (Phi) is 10.5. The van der Waals surface area contributed by atoms with Crippen molar-refractivity contribution in [2.75, 3.05) is 24.7 Å². The van der Waals surface area contributed by atoms with Gasteiger partial charge in [-0.25, -0.2) is 23.2 Å². The predicted octanol–water partition coefficient (Wildman–Crippen LogP) is -3.89. The molecule has 0 spiro atoms. The SMILES string of the molecule is Cn1c[n+]([C@@H]2O[C@H](COP(=O)(O)OP(=O)(O)OP(=O)(O)OC[C@H]3O[C@@H](n4c(Cl)nc5c(=O)[nH]c(N)nc54)[C@@H](O)C3O)C(O)[C@@H]2O)c2nc(N)[nH]c(=O)c21. The molecule has 13 N–H and O–H groups in total. The van der Waals surface area contributed by atoms with Crippen LogP contribution in [0.15, 0.2) is 15.9 Å². The fourth-order valence-corrected chi connectivity index (χ4v) is 9.27. The zero-order chi connectivity index (χ0) is 38.9. The molecule has 0 aromatic carbocycles. The van der Waals surface area contributed by atoms with Crippen molar-refractivity contribution in [2.45, 2.75) is 49.1 Å². The van der Waals surface area contributed by atoms with E-state index in [1.165, 1.54) is 17.9 Å². The van der Waals surface area contributed by atoms with E-state index in [1.54, 1.807) is 0 Å². The quantitative estimate of drug-likeness (QED) is 0.0369. The smallest absolute Gasteiger partial charge is 0.387 e. The van der Waals surface area contributed by atoms with Gasteiger partial charge >= 0.3 is 29.1 Å². The molecule has 28 nitrogen and oxygen atoms in total. The summed E-state index contributed by atoms with van der Waals surface area (Å²) in [5, 5.41) is 41.7. The molecule has 5 unspecified atom stereocenters. The molecule has 0 amide bonds. The van der Waals surface area contributed by atoms with Crippen molar-refractivity contribution >= 4 is 69.3 Å². The minimum atomic E-state index is -6.03. The normalized spacial score (nSPS) is 29.8. The van der Waals surface area contributed by atoms with Crippen molar-refractivity contribution < 1.29 is 80.5 Å². The van der Waals surface area contributed by atoms with Gasteiger partial charge in [-0.15, -0.1) is 0 Å². The largest absolute Gasteiger partial charge is 0.490 e. The molecule has 2 saturated heterocycles. The molecule has 6 heterocycles. The van der Waals surface area contributed by atoms with E-state index in [1.807, 2.05) is 0 Å². The highest BCUT2D eigenvalue weighted by Gasteiger charge is 2.50. The Morgan fingerprint density at radius 1 is 0.849 bits per heavy atom. The third-order valence-electron chi connectivity index (χ3n) is 7.74. The van der Waals surface area contributed by atoms with E-state index < -0.39 is 102 Å². The maximum atomic E-state index is 12.5. The first-order chi connectivity index (χ1) is 24.6. The molecule has 2 aliphatic heterocycles. The lowest BCUT2D eigenvalue weighted by Crippen LogP contribution is -2.46. The number of H-pyrrole nitrogens is 2. The minimum Gasteiger partial charge on any atom is -0.387 e. The second kappa shape index (κ2) is 14.1. The van der Waals surface area contributed by atoms with Crippen molar-refractivity contribution in [3.63, 3.8) is 0 Å². The minimum absolute atomic E-state index is 0.00512. The van der Waals surface area contributed by atoms with Crippen LogP contribution in [0.3, 0.4) is 0 Å². The van der Waals surface area contributed by atoms with Gasteiger partial charge in [0.1, 0.15) is 36.6 Å². The summed E-state index contributed by atoms with van der Waals surface area (Å²) in [6, 6.07) is 0. The van der Waals surface area contributed by atoms with Crippen LogP contribution in [0.2, 0.25) is 5.28 Å². The molecule has 2 fully saturated rings. The van der Waals surface area contributed by atoms with Gasteiger partial charge in [0.05, 0.1) is 20.3 Å². The number of aryl methyl sites for hydroxylation is 1. The molecule has 292 valence electrons. The zero-order valence-corrected chi connectivity index (χ0v) is 29.7. The molecule has 0 aliphatic carbocycles. The first-order valence-electron chi connectivity index (χ1n) is 14.5. The molecule has 4 aromatic rings. The summed E-state index contributed by atoms with van der Waals surface area (Å²) in [6.07, 6.45) is -12.4. The summed E-state index contributed by atoms with van der Waals surface area (Å²) >= 11 is 6.08. The van der Waals surface area contributed by atoms with Crippen LogP contribution in [0, 0.1) is 0 Å². The van der Waals surface area contributed by atoms with E-state index in [0.29, 0.717) is 0 Å². The van der Waals surface area contributed by atoms with Gasteiger partial charge in [0.25, 0.3) is 17.1 Å². The number of nitrogens with zero attached hydrogens (tertiary/aromatic N) is 6. The van der Waals surface area contributed by atoms with E-state index >= 15 is 0 Å². The Labute approximate surface area is 296 Å². The summed E-state index contributed by atoms with van der Waals surface area (Å²) in [5.74, 6) is -0.649. The Hall–Kier alpha value is -3.24. The molecule has 0 radical (unpaired) electrons. The Morgan fingerprint density at radius 2 is 1.40 bits per heavy atom. The van der Waals surface area contributed by atoms with Crippen LogP contribution in [0.5, 0.6) is 0 Å². The molecular formula is C21H29ClN10O18P3+. The maximum absolute atomic E-state index is 12.5. The first kappa shape index (κ1) is 39.5. The number of hydrogen-bond donors (Lipinski definition) is 11. The number of aromatic amines is 2. The van der Waals surface area contributed by atoms with E-state index in [9.17, 15) is 58.4 Å². The summed E-state index contributed by atoms with van der Waals surface area (Å²) in [7, 11) is -16.0. The number of imidazole rings is 2. The highest BCUT2D eigenvalue weighted by Crippen LogP contribution is 2.67. The summed E-state index contributed by atoms with van der Waals surface area (Å²) < 4.78 is 69.0. The average molecular weight is 838 g/mol. The molecule has 4 aromatic heterocycles. The molecule has 0 saturated carbocycles. The number of aliphatic hydroxyl groups is 4. The average Bonchev–Trinajstić information content (AvgIpc) is 3.71. The highest BCUT2D eigenvalue weighted by molar-refractivity contribution is 7.66. The van der Waals surface area contributed by atoms with Crippen LogP contribution in [0.25, 0.3) is 22.3 Å². The topological polar surface area (TPSA) is 418 Å². The number of rotatable bonds is 12. The zero-order valence-electron chi connectivity index (χ0n) is 26.3. The number of nitrogens with one attached hydrogen (secondary N) is 2. The van der Waals surface area contributed by atoms with Gasteiger partial charge in [-0.2, -0.15) is 13.6 Å². The number of ether oxygens (including phenoxy) is 2. The van der Waals surface area contributed by atoms with Gasteiger partial charge < -0.3 is 56.0 Å². The van der Waals surface area contributed by atoms with E-state index in [4.69, 9.17) is 32.5 Å². The van der Waals surface area contributed by atoms with Crippen LogP contribution in [-0.4, -0.2) is 119 Å². The lowest BCUT2D eigenvalue weighted by atomic mass is 10.1. The van der Waals surface area contributed by atoms with E-state index in [0.717, 1.165) is 9.13 Å². The van der Waals surface area contributed by atoms with Crippen molar-refractivity contribution in [2.24, 2.45) is 7.05 Å². The third-order valence-corrected chi connectivity index (χ3v) is 12.3. The number of hydrogen-bond acceptors (Lipinski definition) is 20. The summed E-state index contributed by atoms with van der Waals surface area (Å²) in [4.78, 5) is 70.6. The van der Waals surface area contributed by atoms with Crippen LogP contribution < -0.4 is 27.2 Å². The standard InChI is InChI=1S/C21H28ClN10O18P3/c1-30-4-31(14-8(30)16(38)29-21(24)27-14)17-11(35)9(33)5(47-17)2-45-51(39,40)49-53(43,44)50-52(41,42)46-3-6-10(34)12(36)18(48-6)32-13-7(25-19(32)22)15(37)28-20(23)26-13/h4-6,9-12,17-18,33-36H,2-3H2,1H3,(H8-,23,24,26,27,28,29,37,38,39,40,41,42,43,44)/p+1/t5-,6-,9?,10?,11+,12+,17-,18-/m1/s1. The van der Waals surface area contributed by atoms with Crippen LogP contribution in [-0.2, 0) is 47.9 Å². The van der Waals surface area contributed by atoms with Gasteiger partial charge in [-0.1, -0.05) is 4.98 Å². The van der Waals surface area contributed by atoms with Gasteiger partial charge in [0.2, 0.25) is 23.0 Å². The molecular weight excluding hydrogens is 809 g/mol.